The van der Waals surface area contributed by atoms with Crippen molar-refractivity contribution in [2.24, 2.45) is 0 Å². The molecule has 0 bridgehead atoms. The van der Waals surface area contributed by atoms with Gasteiger partial charge in [0.2, 0.25) is 0 Å². The highest BCUT2D eigenvalue weighted by Crippen LogP contribution is 2.29. The molecular formula is C17H22N2O. The predicted octanol–water partition coefficient (Wildman–Crippen LogP) is 3.65. The van der Waals surface area contributed by atoms with Gasteiger partial charge in [0.15, 0.2) is 0 Å². The summed E-state index contributed by atoms with van der Waals surface area (Å²) >= 11 is 0. The first kappa shape index (κ1) is 14.5. The monoisotopic (exact) mass is 270 g/mol. The van der Waals surface area contributed by atoms with Gasteiger partial charge in [0, 0.05) is 30.1 Å². The van der Waals surface area contributed by atoms with Gasteiger partial charge in [-0.05, 0) is 37.6 Å². The Morgan fingerprint density at radius 1 is 1.15 bits per heavy atom. The summed E-state index contributed by atoms with van der Waals surface area (Å²) < 4.78 is 5.69. The molecule has 106 valence electrons. The van der Waals surface area contributed by atoms with E-state index in [1.165, 1.54) is 5.56 Å². The number of ether oxygens (including phenoxy) is 1. The third-order valence-corrected chi connectivity index (χ3v) is 3.05. The van der Waals surface area contributed by atoms with Crippen LogP contribution in [-0.2, 0) is 6.54 Å². The Kier molecular flexibility index (Phi) is 5.56. The Hall–Kier alpha value is -1.87. The Bertz CT molecular complexity index is 540. The van der Waals surface area contributed by atoms with E-state index in [1.807, 2.05) is 37.5 Å². The molecule has 0 aliphatic carbocycles. The molecule has 2 rings (SSSR count). The minimum Gasteiger partial charge on any atom is -0.493 e. The van der Waals surface area contributed by atoms with Crippen LogP contribution in [0.2, 0.25) is 0 Å². The highest BCUT2D eigenvalue weighted by molar-refractivity contribution is 5.70. The molecule has 1 N–H and O–H groups in total. The van der Waals surface area contributed by atoms with E-state index in [2.05, 4.69) is 29.4 Å². The van der Waals surface area contributed by atoms with E-state index in [9.17, 15) is 0 Å². The Morgan fingerprint density at radius 2 is 2.00 bits per heavy atom. The molecule has 0 fully saturated rings. The van der Waals surface area contributed by atoms with Crippen LogP contribution in [0.1, 0.15) is 25.8 Å². The van der Waals surface area contributed by atoms with Crippen molar-refractivity contribution in [2.75, 3.05) is 13.2 Å². The molecule has 1 heterocycles. The van der Waals surface area contributed by atoms with Gasteiger partial charge in [-0.3, -0.25) is 4.98 Å². The maximum Gasteiger partial charge on any atom is 0.127 e. The molecule has 0 aliphatic heterocycles. The highest BCUT2D eigenvalue weighted by atomic mass is 16.5. The van der Waals surface area contributed by atoms with Gasteiger partial charge in [0.1, 0.15) is 5.75 Å². The second kappa shape index (κ2) is 7.65. The molecule has 3 nitrogen and oxygen atoms in total. The second-order valence-corrected chi connectivity index (χ2v) is 4.69. The molecule has 3 heteroatoms. The van der Waals surface area contributed by atoms with Crippen molar-refractivity contribution in [2.45, 2.75) is 26.8 Å². The zero-order valence-corrected chi connectivity index (χ0v) is 12.2. The van der Waals surface area contributed by atoms with Crippen molar-refractivity contribution < 1.29 is 4.74 Å². The topological polar surface area (TPSA) is 34.2 Å². The van der Waals surface area contributed by atoms with Crippen LogP contribution in [0.5, 0.6) is 5.75 Å². The van der Waals surface area contributed by atoms with Crippen molar-refractivity contribution in [3.05, 3.63) is 48.3 Å². The van der Waals surface area contributed by atoms with Crippen molar-refractivity contribution in [1.29, 1.82) is 0 Å². The summed E-state index contributed by atoms with van der Waals surface area (Å²) in [5.74, 6) is 0.912. The molecule has 1 aromatic heterocycles. The number of pyridine rings is 1. The standard InChI is InChI=1S/C17H22N2O/c1-3-9-18-11-14-10-15(13-19-12-14)16-7-5-6-8-17(16)20-4-2/h5-8,10,12-13,18H,3-4,9,11H2,1-2H3. The number of hydrogen-bond acceptors (Lipinski definition) is 3. The number of nitrogens with one attached hydrogen (secondary N) is 1. The number of hydrogen-bond donors (Lipinski definition) is 1. The summed E-state index contributed by atoms with van der Waals surface area (Å²) in [6.45, 7) is 6.72. The van der Waals surface area contributed by atoms with Crippen LogP contribution in [-0.4, -0.2) is 18.1 Å². The summed E-state index contributed by atoms with van der Waals surface area (Å²) in [4.78, 5) is 4.35. The van der Waals surface area contributed by atoms with Gasteiger partial charge in [0.25, 0.3) is 0 Å². The van der Waals surface area contributed by atoms with Crippen molar-refractivity contribution in [3.8, 4) is 16.9 Å². The summed E-state index contributed by atoms with van der Waals surface area (Å²) in [7, 11) is 0. The van der Waals surface area contributed by atoms with Gasteiger partial charge in [-0.25, -0.2) is 0 Å². The van der Waals surface area contributed by atoms with Crippen LogP contribution in [0.4, 0.5) is 0 Å². The van der Waals surface area contributed by atoms with Crippen LogP contribution < -0.4 is 10.1 Å². The van der Waals surface area contributed by atoms with Crippen molar-refractivity contribution >= 4 is 0 Å². The highest BCUT2D eigenvalue weighted by Gasteiger charge is 2.06. The van der Waals surface area contributed by atoms with Gasteiger partial charge < -0.3 is 10.1 Å². The molecule has 0 saturated carbocycles. The van der Waals surface area contributed by atoms with E-state index >= 15 is 0 Å². The SMILES string of the molecule is CCCNCc1cncc(-c2ccccc2OCC)c1. The van der Waals surface area contributed by atoms with E-state index in [1.54, 1.807) is 0 Å². The smallest absolute Gasteiger partial charge is 0.127 e. The molecule has 1 aromatic carbocycles. The van der Waals surface area contributed by atoms with Crippen LogP contribution >= 0.6 is 0 Å². The molecule has 0 unspecified atom stereocenters. The van der Waals surface area contributed by atoms with Gasteiger partial charge in [-0.15, -0.1) is 0 Å². The lowest BCUT2D eigenvalue weighted by molar-refractivity contribution is 0.341. The minimum absolute atomic E-state index is 0.669. The molecule has 0 atom stereocenters. The quantitative estimate of drug-likeness (QED) is 0.780. The third kappa shape index (κ3) is 3.81. The number of benzene rings is 1. The Balaban J connectivity index is 2.22. The lowest BCUT2D eigenvalue weighted by Crippen LogP contribution is -2.13. The van der Waals surface area contributed by atoms with Crippen LogP contribution in [0.3, 0.4) is 0 Å². The summed E-state index contributed by atoms with van der Waals surface area (Å²) in [6, 6.07) is 10.3. The lowest BCUT2D eigenvalue weighted by Gasteiger charge is -2.11. The Morgan fingerprint density at radius 3 is 2.80 bits per heavy atom. The zero-order valence-electron chi connectivity index (χ0n) is 12.2. The molecular weight excluding hydrogens is 248 g/mol. The first-order chi connectivity index (χ1) is 9.85. The fraction of sp³-hybridized carbons (Fsp3) is 0.353. The predicted molar refractivity (Wildman–Crippen MR) is 82.8 cm³/mol. The van der Waals surface area contributed by atoms with E-state index in [-0.39, 0.29) is 0 Å². The first-order valence-electron chi connectivity index (χ1n) is 7.22. The van der Waals surface area contributed by atoms with Gasteiger partial charge >= 0.3 is 0 Å². The number of rotatable bonds is 7. The normalized spacial score (nSPS) is 10.5. The Labute approximate surface area is 121 Å². The van der Waals surface area contributed by atoms with Gasteiger partial charge in [0.05, 0.1) is 6.61 Å². The average molecular weight is 270 g/mol. The second-order valence-electron chi connectivity index (χ2n) is 4.69. The fourth-order valence-electron chi connectivity index (χ4n) is 2.13. The van der Waals surface area contributed by atoms with Crippen LogP contribution in [0, 0.1) is 0 Å². The maximum atomic E-state index is 5.69. The molecule has 20 heavy (non-hydrogen) atoms. The number of nitrogens with zero attached hydrogens (tertiary/aromatic N) is 1. The minimum atomic E-state index is 0.669. The van der Waals surface area contributed by atoms with Gasteiger partial charge in [-0.2, -0.15) is 0 Å². The molecule has 0 amide bonds. The van der Waals surface area contributed by atoms with E-state index in [0.29, 0.717) is 6.61 Å². The van der Waals surface area contributed by atoms with E-state index < -0.39 is 0 Å². The maximum absolute atomic E-state index is 5.69. The summed E-state index contributed by atoms with van der Waals surface area (Å²) in [5.41, 5.74) is 3.39. The van der Waals surface area contributed by atoms with E-state index in [4.69, 9.17) is 4.74 Å². The average Bonchev–Trinajstić information content (AvgIpc) is 2.49. The molecule has 0 saturated heterocycles. The zero-order chi connectivity index (χ0) is 14.2. The third-order valence-electron chi connectivity index (χ3n) is 3.05. The molecule has 0 aliphatic rings. The largest absolute Gasteiger partial charge is 0.493 e. The van der Waals surface area contributed by atoms with E-state index in [0.717, 1.165) is 36.4 Å². The number of aromatic nitrogens is 1. The fourth-order valence-corrected chi connectivity index (χ4v) is 2.13. The van der Waals surface area contributed by atoms with Crippen LogP contribution in [0.25, 0.3) is 11.1 Å². The van der Waals surface area contributed by atoms with Gasteiger partial charge in [-0.1, -0.05) is 25.1 Å². The summed E-state index contributed by atoms with van der Waals surface area (Å²) in [6.07, 6.45) is 4.94. The summed E-state index contributed by atoms with van der Waals surface area (Å²) in [5, 5.41) is 3.40. The number of para-hydroxylation sites is 1. The molecule has 0 radical (unpaired) electrons. The lowest BCUT2D eigenvalue weighted by atomic mass is 10.0. The van der Waals surface area contributed by atoms with Crippen molar-refractivity contribution in [3.63, 3.8) is 0 Å². The van der Waals surface area contributed by atoms with Crippen molar-refractivity contribution in [1.82, 2.24) is 10.3 Å². The molecule has 0 spiro atoms. The van der Waals surface area contributed by atoms with Crippen LogP contribution in [0.15, 0.2) is 42.7 Å². The molecule has 2 aromatic rings. The first-order valence-corrected chi connectivity index (χ1v) is 7.22.